The molecular weight excluding hydrogens is 280 g/mol. The van der Waals surface area contributed by atoms with Crippen LogP contribution in [-0.2, 0) is 14.8 Å². The predicted molar refractivity (Wildman–Crippen MR) is 73.4 cm³/mol. The summed E-state index contributed by atoms with van der Waals surface area (Å²) in [6, 6.07) is 1.85. The fraction of sp³-hybridized carbons (Fsp3) is 0.583. The molecule has 20 heavy (non-hydrogen) atoms. The van der Waals surface area contributed by atoms with Crippen molar-refractivity contribution in [2.45, 2.75) is 18.8 Å². The zero-order valence-corrected chi connectivity index (χ0v) is 12.1. The van der Waals surface area contributed by atoms with Gasteiger partial charge in [0.1, 0.15) is 6.33 Å². The number of carbonyl (C=O) groups is 1. The summed E-state index contributed by atoms with van der Waals surface area (Å²) in [7, 11) is -3.34. The molecule has 0 bridgehead atoms. The van der Waals surface area contributed by atoms with Crippen molar-refractivity contribution < 1.29 is 13.2 Å². The molecule has 2 heterocycles. The maximum atomic E-state index is 12.0. The summed E-state index contributed by atoms with van der Waals surface area (Å²) in [5.41, 5.74) is 0.925. The first-order chi connectivity index (χ1) is 9.46. The normalized spacial score (nSPS) is 19.9. The van der Waals surface area contributed by atoms with Gasteiger partial charge in [-0.2, -0.15) is 0 Å². The number of nitrogens with zero attached hydrogens (tertiary/aromatic N) is 3. The Labute approximate surface area is 118 Å². The molecule has 110 valence electrons. The second-order valence-corrected chi connectivity index (χ2v) is 6.74. The lowest BCUT2D eigenvalue weighted by atomic mass is 9.94. The van der Waals surface area contributed by atoms with E-state index in [9.17, 15) is 13.2 Å². The van der Waals surface area contributed by atoms with Crippen LogP contribution in [0.2, 0.25) is 0 Å². The standard InChI is InChI=1S/C12H18N4O3S/c1-20(18,19)15-7-12(17)16-6-2-3-10(8-16)11-4-5-13-9-14-11/h4-5,9-10,15H,2-3,6-8H2,1H3/t10-/m1/s1. The van der Waals surface area contributed by atoms with Crippen molar-refractivity contribution in [1.82, 2.24) is 19.6 Å². The van der Waals surface area contributed by atoms with Crippen molar-refractivity contribution >= 4 is 15.9 Å². The van der Waals surface area contributed by atoms with Crippen LogP contribution >= 0.6 is 0 Å². The number of rotatable bonds is 4. The molecule has 7 nitrogen and oxygen atoms in total. The highest BCUT2D eigenvalue weighted by Crippen LogP contribution is 2.24. The van der Waals surface area contributed by atoms with Crippen LogP contribution in [0.25, 0.3) is 0 Å². The smallest absolute Gasteiger partial charge is 0.237 e. The van der Waals surface area contributed by atoms with Gasteiger partial charge in [0.25, 0.3) is 0 Å². The van der Waals surface area contributed by atoms with E-state index in [4.69, 9.17) is 0 Å². The van der Waals surface area contributed by atoms with Crippen molar-refractivity contribution in [2.24, 2.45) is 0 Å². The van der Waals surface area contributed by atoms with E-state index in [0.29, 0.717) is 13.1 Å². The van der Waals surface area contributed by atoms with E-state index < -0.39 is 10.0 Å². The summed E-state index contributed by atoms with van der Waals surface area (Å²) in [6.07, 6.45) is 6.09. The largest absolute Gasteiger partial charge is 0.341 e. The van der Waals surface area contributed by atoms with Crippen LogP contribution < -0.4 is 4.72 Å². The molecule has 1 saturated heterocycles. The summed E-state index contributed by atoms with van der Waals surface area (Å²) in [6.45, 7) is 1.04. The number of carbonyl (C=O) groups excluding carboxylic acids is 1. The average molecular weight is 298 g/mol. The van der Waals surface area contributed by atoms with E-state index in [1.54, 1.807) is 11.1 Å². The molecule has 1 atom stereocenters. The number of aromatic nitrogens is 2. The highest BCUT2D eigenvalue weighted by atomic mass is 32.2. The number of hydrogen-bond donors (Lipinski definition) is 1. The molecule has 1 aromatic rings. The average Bonchev–Trinajstić information content (AvgIpc) is 2.45. The van der Waals surface area contributed by atoms with E-state index in [1.165, 1.54) is 6.33 Å². The summed E-state index contributed by atoms with van der Waals surface area (Å²) in [4.78, 5) is 21.8. The van der Waals surface area contributed by atoms with Crippen LogP contribution in [0.3, 0.4) is 0 Å². The molecule has 0 aliphatic carbocycles. The van der Waals surface area contributed by atoms with Crippen LogP contribution in [-0.4, -0.2) is 55.1 Å². The molecule has 0 radical (unpaired) electrons. The highest BCUT2D eigenvalue weighted by molar-refractivity contribution is 7.88. The Morgan fingerprint density at radius 3 is 3.00 bits per heavy atom. The van der Waals surface area contributed by atoms with Gasteiger partial charge in [-0.05, 0) is 18.9 Å². The second kappa shape index (κ2) is 6.27. The van der Waals surface area contributed by atoms with Crippen LogP contribution in [0, 0.1) is 0 Å². The van der Waals surface area contributed by atoms with Gasteiger partial charge in [-0.15, -0.1) is 0 Å². The van der Waals surface area contributed by atoms with Crippen molar-refractivity contribution in [3.63, 3.8) is 0 Å². The lowest BCUT2D eigenvalue weighted by molar-refractivity contribution is -0.131. The predicted octanol–water partition coefficient (Wildman–Crippen LogP) is -0.268. The Bertz CT molecular complexity index is 561. The minimum atomic E-state index is -3.34. The summed E-state index contributed by atoms with van der Waals surface area (Å²) >= 11 is 0. The van der Waals surface area contributed by atoms with Crippen LogP contribution in [0.4, 0.5) is 0 Å². The molecule has 1 N–H and O–H groups in total. The third kappa shape index (κ3) is 4.24. The molecule has 1 amide bonds. The van der Waals surface area contributed by atoms with Crippen molar-refractivity contribution in [3.05, 3.63) is 24.3 Å². The molecule has 0 unspecified atom stereocenters. The van der Waals surface area contributed by atoms with E-state index in [0.717, 1.165) is 24.8 Å². The maximum absolute atomic E-state index is 12.0. The number of likely N-dealkylation sites (tertiary alicyclic amines) is 1. The van der Waals surface area contributed by atoms with Gasteiger partial charge in [0.05, 0.1) is 12.8 Å². The van der Waals surface area contributed by atoms with Gasteiger partial charge in [-0.1, -0.05) is 0 Å². The van der Waals surface area contributed by atoms with E-state index in [-0.39, 0.29) is 18.4 Å². The SMILES string of the molecule is CS(=O)(=O)NCC(=O)N1CCC[C@@H](c2ccncn2)C1. The lowest BCUT2D eigenvalue weighted by Gasteiger charge is -2.32. The van der Waals surface area contributed by atoms with Gasteiger partial charge < -0.3 is 4.90 Å². The lowest BCUT2D eigenvalue weighted by Crippen LogP contribution is -2.44. The molecule has 1 aliphatic heterocycles. The zero-order valence-electron chi connectivity index (χ0n) is 11.3. The first kappa shape index (κ1) is 14.9. The summed E-state index contributed by atoms with van der Waals surface area (Å²) in [5, 5.41) is 0. The van der Waals surface area contributed by atoms with Crippen LogP contribution in [0.1, 0.15) is 24.5 Å². The number of sulfonamides is 1. The summed E-state index contributed by atoms with van der Waals surface area (Å²) < 4.78 is 24.2. The number of nitrogens with one attached hydrogen (secondary N) is 1. The maximum Gasteiger partial charge on any atom is 0.237 e. The Hall–Kier alpha value is -1.54. The molecule has 1 aliphatic rings. The molecular formula is C12H18N4O3S. The molecule has 2 rings (SSSR count). The third-order valence-corrected chi connectivity index (χ3v) is 3.95. The Kier molecular flexibility index (Phi) is 4.66. The molecule has 8 heteroatoms. The van der Waals surface area contributed by atoms with Gasteiger partial charge >= 0.3 is 0 Å². The number of amides is 1. The van der Waals surface area contributed by atoms with Gasteiger partial charge in [-0.25, -0.2) is 23.1 Å². The Morgan fingerprint density at radius 2 is 2.35 bits per heavy atom. The number of hydrogen-bond acceptors (Lipinski definition) is 5. The first-order valence-corrected chi connectivity index (χ1v) is 8.33. The zero-order chi connectivity index (χ0) is 14.6. The minimum Gasteiger partial charge on any atom is -0.341 e. The Balaban J connectivity index is 1.95. The van der Waals surface area contributed by atoms with Gasteiger partial charge in [-0.3, -0.25) is 4.79 Å². The quantitative estimate of drug-likeness (QED) is 0.826. The van der Waals surface area contributed by atoms with Crippen LogP contribution in [0.5, 0.6) is 0 Å². The van der Waals surface area contributed by atoms with Crippen LogP contribution in [0.15, 0.2) is 18.6 Å². The fourth-order valence-corrected chi connectivity index (χ4v) is 2.68. The Morgan fingerprint density at radius 1 is 1.55 bits per heavy atom. The molecule has 0 aromatic carbocycles. The molecule has 1 aromatic heterocycles. The third-order valence-electron chi connectivity index (χ3n) is 3.28. The first-order valence-electron chi connectivity index (χ1n) is 6.44. The van der Waals surface area contributed by atoms with Gasteiger partial charge in [0, 0.05) is 30.9 Å². The van der Waals surface area contributed by atoms with E-state index >= 15 is 0 Å². The molecule has 0 spiro atoms. The highest BCUT2D eigenvalue weighted by Gasteiger charge is 2.25. The van der Waals surface area contributed by atoms with Crippen molar-refractivity contribution in [3.8, 4) is 0 Å². The molecule has 0 saturated carbocycles. The van der Waals surface area contributed by atoms with Gasteiger partial charge in [0.15, 0.2) is 0 Å². The van der Waals surface area contributed by atoms with Gasteiger partial charge in [0.2, 0.25) is 15.9 Å². The minimum absolute atomic E-state index is 0.185. The monoisotopic (exact) mass is 298 g/mol. The summed E-state index contributed by atoms with van der Waals surface area (Å²) in [5.74, 6) is -0.0110. The number of piperidine rings is 1. The van der Waals surface area contributed by atoms with Crippen molar-refractivity contribution in [1.29, 1.82) is 0 Å². The topological polar surface area (TPSA) is 92.3 Å². The van der Waals surface area contributed by atoms with E-state index in [1.807, 2.05) is 6.07 Å². The van der Waals surface area contributed by atoms with Crippen molar-refractivity contribution in [2.75, 3.05) is 25.9 Å². The second-order valence-electron chi connectivity index (χ2n) is 4.91. The molecule has 1 fully saturated rings. The van der Waals surface area contributed by atoms with E-state index in [2.05, 4.69) is 14.7 Å². The fourth-order valence-electron chi connectivity index (χ4n) is 2.29.